The molecule has 0 fully saturated rings. The molecule has 2 heterocycles. The molecule has 0 aliphatic carbocycles. The van der Waals surface area contributed by atoms with Gasteiger partial charge in [0.05, 0.1) is 11.4 Å². The molecule has 0 radical (unpaired) electrons. The average molecular weight is 355 g/mol. The van der Waals surface area contributed by atoms with E-state index in [-0.39, 0.29) is 6.04 Å². The van der Waals surface area contributed by atoms with Crippen molar-refractivity contribution in [1.29, 1.82) is 0 Å². The van der Waals surface area contributed by atoms with Crippen molar-refractivity contribution in [2.24, 2.45) is 0 Å². The Kier molecular flexibility index (Phi) is 5.36. The van der Waals surface area contributed by atoms with E-state index in [0.29, 0.717) is 28.8 Å². The van der Waals surface area contributed by atoms with E-state index in [0.717, 1.165) is 18.6 Å². The van der Waals surface area contributed by atoms with Gasteiger partial charge in [0.2, 0.25) is 5.95 Å². The van der Waals surface area contributed by atoms with E-state index in [9.17, 15) is 8.78 Å². The van der Waals surface area contributed by atoms with Crippen LogP contribution in [-0.2, 0) is 0 Å². The fourth-order valence-electron chi connectivity index (χ4n) is 2.27. The second-order valence-corrected chi connectivity index (χ2v) is 5.88. The number of aromatic nitrogens is 3. The first kappa shape index (κ1) is 17.7. The molecule has 0 amide bonds. The van der Waals surface area contributed by atoms with Crippen LogP contribution in [0, 0.1) is 11.6 Å². The number of anilines is 3. The van der Waals surface area contributed by atoms with Gasteiger partial charge < -0.3 is 10.6 Å². The summed E-state index contributed by atoms with van der Waals surface area (Å²) in [6.07, 6.45) is 2.59. The number of hydrogen-bond acceptors (Lipinski definition) is 5. The summed E-state index contributed by atoms with van der Waals surface area (Å²) < 4.78 is 26.6. The summed E-state index contributed by atoms with van der Waals surface area (Å²) in [5.41, 5.74) is 1.70. The van der Waals surface area contributed by atoms with E-state index in [1.54, 1.807) is 12.3 Å². The first-order chi connectivity index (χ1) is 12.5. The van der Waals surface area contributed by atoms with Crippen LogP contribution in [0.5, 0.6) is 0 Å². The van der Waals surface area contributed by atoms with Crippen molar-refractivity contribution >= 4 is 17.5 Å². The molecule has 3 rings (SSSR count). The molecule has 0 aliphatic rings. The molecule has 2 aromatic heterocycles. The molecule has 26 heavy (non-hydrogen) atoms. The Morgan fingerprint density at radius 3 is 2.54 bits per heavy atom. The Hall–Kier alpha value is -3.09. The van der Waals surface area contributed by atoms with Gasteiger partial charge in [-0.25, -0.2) is 13.8 Å². The first-order valence-electron chi connectivity index (χ1n) is 8.34. The highest BCUT2D eigenvalue weighted by Crippen LogP contribution is 2.23. The number of nitrogens with zero attached hydrogens (tertiary/aromatic N) is 3. The number of rotatable bonds is 6. The number of hydrogen-bond donors (Lipinski definition) is 2. The lowest BCUT2D eigenvalue weighted by Crippen LogP contribution is -2.16. The third-order valence-corrected chi connectivity index (χ3v) is 3.83. The molecule has 1 aromatic carbocycles. The summed E-state index contributed by atoms with van der Waals surface area (Å²) in [5.74, 6) is -0.927. The topological polar surface area (TPSA) is 62.7 Å². The molecule has 1 atom stereocenters. The van der Waals surface area contributed by atoms with Crippen LogP contribution < -0.4 is 10.6 Å². The van der Waals surface area contributed by atoms with E-state index in [1.807, 2.05) is 25.1 Å². The summed E-state index contributed by atoms with van der Waals surface area (Å²) in [6.45, 7) is 4.08. The zero-order valence-corrected chi connectivity index (χ0v) is 14.5. The number of nitrogens with one attached hydrogen (secondary N) is 2. The lowest BCUT2D eigenvalue weighted by atomic mass is 10.2. The van der Waals surface area contributed by atoms with Gasteiger partial charge in [0.15, 0.2) is 11.6 Å². The van der Waals surface area contributed by atoms with Crippen LogP contribution in [0.25, 0.3) is 11.4 Å². The molecule has 0 bridgehead atoms. The van der Waals surface area contributed by atoms with Gasteiger partial charge in [0, 0.05) is 30.1 Å². The Labute approximate surface area is 150 Å². The van der Waals surface area contributed by atoms with Crippen LogP contribution in [0.1, 0.15) is 20.3 Å². The van der Waals surface area contributed by atoms with Crippen LogP contribution in [0.15, 0.2) is 48.7 Å². The van der Waals surface area contributed by atoms with Gasteiger partial charge in [-0.05, 0) is 37.6 Å². The van der Waals surface area contributed by atoms with Gasteiger partial charge in [-0.15, -0.1) is 0 Å². The number of benzene rings is 1. The van der Waals surface area contributed by atoms with E-state index >= 15 is 0 Å². The molecule has 5 nitrogen and oxygen atoms in total. The van der Waals surface area contributed by atoms with Crippen LogP contribution >= 0.6 is 0 Å². The summed E-state index contributed by atoms with van der Waals surface area (Å²) in [7, 11) is 0. The van der Waals surface area contributed by atoms with Crippen molar-refractivity contribution in [1.82, 2.24) is 15.0 Å². The molecule has 0 saturated heterocycles. The largest absolute Gasteiger partial charge is 0.352 e. The summed E-state index contributed by atoms with van der Waals surface area (Å²) in [6, 6.07) is 11.0. The fourth-order valence-corrected chi connectivity index (χ4v) is 2.27. The van der Waals surface area contributed by atoms with Crippen molar-refractivity contribution in [3.63, 3.8) is 0 Å². The number of halogens is 2. The predicted octanol–water partition coefficient (Wildman–Crippen LogP) is 4.77. The molecule has 3 aromatic rings. The normalized spacial score (nSPS) is 11.8. The van der Waals surface area contributed by atoms with E-state index < -0.39 is 11.6 Å². The minimum atomic E-state index is -0.924. The van der Waals surface area contributed by atoms with Gasteiger partial charge in [-0.1, -0.05) is 13.0 Å². The van der Waals surface area contributed by atoms with Crippen LogP contribution in [0.3, 0.4) is 0 Å². The standard InChI is InChI=1S/C19H19F2N5/c1-3-12(2)23-19-25-17(16-6-4-5-9-22-16)11-18(26-19)24-13-7-8-14(20)15(21)10-13/h4-12H,3H2,1-2H3,(H2,23,24,25,26)/t12-/m1/s1. The summed E-state index contributed by atoms with van der Waals surface area (Å²) >= 11 is 0. The highest BCUT2D eigenvalue weighted by Gasteiger charge is 2.10. The molecular weight excluding hydrogens is 336 g/mol. The molecule has 134 valence electrons. The summed E-state index contributed by atoms with van der Waals surface area (Å²) in [4.78, 5) is 13.2. The maximum absolute atomic E-state index is 13.5. The van der Waals surface area contributed by atoms with Crippen LogP contribution in [-0.4, -0.2) is 21.0 Å². The van der Waals surface area contributed by atoms with Crippen molar-refractivity contribution in [3.8, 4) is 11.4 Å². The Morgan fingerprint density at radius 2 is 1.85 bits per heavy atom. The highest BCUT2D eigenvalue weighted by atomic mass is 19.2. The minimum Gasteiger partial charge on any atom is -0.352 e. The molecule has 0 spiro atoms. The highest BCUT2D eigenvalue weighted by molar-refractivity contribution is 5.65. The van der Waals surface area contributed by atoms with Crippen molar-refractivity contribution in [3.05, 3.63) is 60.3 Å². The summed E-state index contributed by atoms with van der Waals surface area (Å²) in [5, 5.41) is 6.21. The Morgan fingerprint density at radius 1 is 1.00 bits per heavy atom. The lowest BCUT2D eigenvalue weighted by molar-refractivity contribution is 0.509. The van der Waals surface area contributed by atoms with Gasteiger partial charge in [0.1, 0.15) is 5.82 Å². The van der Waals surface area contributed by atoms with Crippen LogP contribution in [0.4, 0.5) is 26.2 Å². The fraction of sp³-hybridized carbons (Fsp3) is 0.211. The average Bonchev–Trinajstić information content (AvgIpc) is 2.65. The smallest absolute Gasteiger partial charge is 0.225 e. The van der Waals surface area contributed by atoms with E-state index in [1.165, 1.54) is 6.07 Å². The predicted molar refractivity (Wildman–Crippen MR) is 98.3 cm³/mol. The van der Waals surface area contributed by atoms with Gasteiger partial charge in [-0.3, -0.25) is 4.98 Å². The van der Waals surface area contributed by atoms with Crippen molar-refractivity contribution in [2.75, 3.05) is 10.6 Å². The van der Waals surface area contributed by atoms with Crippen molar-refractivity contribution < 1.29 is 8.78 Å². The van der Waals surface area contributed by atoms with Gasteiger partial charge in [0.25, 0.3) is 0 Å². The quantitative estimate of drug-likeness (QED) is 0.667. The van der Waals surface area contributed by atoms with Crippen LogP contribution in [0.2, 0.25) is 0 Å². The second-order valence-electron chi connectivity index (χ2n) is 5.88. The minimum absolute atomic E-state index is 0.185. The molecular formula is C19H19F2N5. The molecule has 0 unspecified atom stereocenters. The SMILES string of the molecule is CC[C@@H](C)Nc1nc(Nc2ccc(F)c(F)c2)cc(-c2ccccn2)n1. The lowest BCUT2D eigenvalue weighted by Gasteiger charge is -2.14. The Balaban J connectivity index is 1.97. The monoisotopic (exact) mass is 355 g/mol. The first-order valence-corrected chi connectivity index (χ1v) is 8.34. The zero-order valence-electron chi connectivity index (χ0n) is 14.5. The maximum Gasteiger partial charge on any atom is 0.225 e. The Bertz CT molecular complexity index is 886. The zero-order chi connectivity index (χ0) is 18.5. The van der Waals surface area contributed by atoms with Gasteiger partial charge in [-0.2, -0.15) is 4.98 Å². The van der Waals surface area contributed by atoms with E-state index in [4.69, 9.17) is 0 Å². The molecule has 0 aliphatic heterocycles. The maximum atomic E-state index is 13.5. The second kappa shape index (κ2) is 7.86. The molecule has 2 N–H and O–H groups in total. The third-order valence-electron chi connectivity index (χ3n) is 3.83. The molecule has 0 saturated carbocycles. The van der Waals surface area contributed by atoms with Crippen molar-refractivity contribution in [2.45, 2.75) is 26.3 Å². The van der Waals surface area contributed by atoms with E-state index in [2.05, 4.69) is 32.5 Å². The van der Waals surface area contributed by atoms with Gasteiger partial charge >= 0.3 is 0 Å². The number of pyridine rings is 1. The molecule has 7 heteroatoms. The third kappa shape index (κ3) is 4.30.